The Bertz CT molecular complexity index is 2020. The van der Waals surface area contributed by atoms with Crippen LogP contribution in [0.4, 0.5) is 0 Å². The highest BCUT2D eigenvalue weighted by Gasteiger charge is 2.61. The first-order valence-corrected chi connectivity index (χ1v) is 30.0. The number of carbonyl (C=O) groups is 1. The second kappa shape index (κ2) is 27.6. The molecule has 32 nitrogen and oxygen atoms in total. The number of aliphatic hydroxyl groups is 19. The van der Waals surface area contributed by atoms with Gasteiger partial charge in [-0.2, -0.15) is 0 Å². The Morgan fingerprint density at radius 1 is 0.368 bits per heavy atom. The number of ether oxygens (including phenoxy) is 12. The molecule has 12 bridgehead atoms. The smallest absolute Gasteiger partial charge is 0.187 e. The highest BCUT2D eigenvalue weighted by atomic mass is 16.8. The maximum Gasteiger partial charge on any atom is 0.187 e. The molecule has 87 heavy (non-hydrogen) atoms. The van der Waals surface area contributed by atoms with Gasteiger partial charge in [-0.1, -0.05) is 25.5 Å². The van der Waals surface area contributed by atoms with Crippen molar-refractivity contribution in [2.45, 2.75) is 256 Å². The molecular weight excluding hydrogens is 1170 g/mol. The minimum Gasteiger partial charge on any atom is -0.394 e. The van der Waals surface area contributed by atoms with E-state index in [0.29, 0.717) is 23.0 Å². The molecule has 0 radical (unpaired) electrons. The quantitative estimate of drug-likeness (QED) is 0.110. The minimum atomic E-state index is -2.15. The molecule has 26 rings (SSSR count). The minimum absolute atomic E-state index is 0.0168. The van der Waals surface area contributed by atoms with Gasteiger partial charge in [-0.3, -0.25) is 4.79 Å². The summed E-state index contributed by atoms with van der Waals surface area (Å²) in [6.45, 7) is -1.30. The molecule has 22 heterocycles. The molecule has 0 aromatic carbocycles. The van der Waals surface area contributed by atoms with Crippen molar-refractivity contribution in [1.29, 1.82) is 0 Å². The van der Waals surface area contributed by atoms with Crippen LogP contribution in [0.15, 0.2) is 11.6 Å². The molecule has 25 fully saturated rings. The van der Waals surface area contributed by atoms with Crippen molar-refractivity contribution in [3.63, 3.8) is 0 Å². The number of Topliss-reactive ketones (excluding diaryl/α,β-unsaturated/α-hetero) is 1. The number of ketones is 1. The van der Waals surface area contributed by atoms with E-state index < -0.39 is 224 Å². The van der Waals surface area contributed by atoms with Gasteiger partial charge in [0.05, 0.1) is 45.7 Å². The second-order valence-corrected chi connectivity index (χ2v) is 25.4. The van der Waals surface area contributed by atoms with Gasteiger partial charge in [-0.25, -0.2) is 0 Å². The molecule has 500 valence electrons. The number of aliphatic hydroxyl groups excluding tert-OH is 19. The van der Waals surface area contributed by atoms with Crippen LogP contribution in [0.1, 0.15) is 65.2 Å². The van der Waals surface area contributed by atoms with Crippen LogP contribution in [-0.4, -0.2) is 333 Å². The zero-order chi connectivity index (χ0) is 62.9. The second-order valence-electron chi connectivity index (χ2n) is 25.4. The van der Waals surface area contributed by atoms with Gasteiger partial charge in [0.15, 0.2) is 37.7 Å². The van der Waals surface area contributed by atoms with E-state index in [9.17, 15) is 102 Å². The van der Waals surface area contributed by atoms with Crippen molar-refractivity contribution in [3.8, 4) is 0 Å². The van der Waals surface area contributed by atoms with Crippen molar-refractivity contribution in [2.24, 2.45) is 28.6 Å². The highest BCUT2D eigenvalue weighted by Crippen LogP contribution is 2.64. The van der Waals surface area contributed by atoms with E-state index in [1.54, 1.807) is 0 Å². The predicted molar refractivity (Wildman–Crippen MR) is 279 cm³/mol. The molecule has 0 aromatic rings. The lowest BCUT2D eigenvalue weighted by Crippen LogP contribution is -2.69. The zero-order valence-corrected chi connectivity index (χ0v) is 47.9. The van der Waals surface area contributed by atoms with Crippen LogP contribution in [-0.2, 0) is 61.6 Å². The van der Waals surface area contributed by atoms with Crippen molar-refractivity contribution in [3.05, 3.63) is 11.6 Å². The summed E-state index contributed by atoms with van der Waals surface area (Å²) in [5.41, 5.74) is 1.81. The topological polar surface area (TPSA) is 512 Å². The first-order chi connectivity index (χ1) is 41.4. The molecule has 36 atom stereocenters. The van der Waals surface area contributed by atoms with Gasteiger partial charge in [0.25, 0.3) is 0 Å². The Balaban J connectivity index is 0.000000331. The summed E-state index contributed by atoms with van der Waals surface area (Å²) in [6.07, 6.45) is -47.8. The predicted octanol–water partition coefficient (Wildman–Crippen LogP) is -9.18. The van der Waals surface area contributed by atoms with Gasteiger partial charge in [0.2, 0.25) is 0 Å². The van der Waals surface area contributed by atoms with Crippen LogP contribution < -0.4 is 0 Å². The van der Waals surface area contributed by atoms with Crippen LogP contribution in [0, 0.1) is 28.6 Å². The maximum absolute atomic E-state index is 12.4. The highest BCUT2D eigenvalue weighted by molar-refractivity contribution is 5.87. The molecule has 22 aliphatic heterocycles. The number of hydrogen-bond acceptors (Lipinski definition) is 32. The molecule has 0 unspecified atom stereocenters. The molecule has 0 spiro atoms. The van der Waals surface area contributed by atoms with Gasteiger partial charge in [0.1, 0.15) is 152 Å². The van der Waals surface area contributed by atoms with Gasteiger partial charge in [-0.15, -0.1) is 0 Å². The number of rotatable bonds is 6. The third-order valence-electron chi connectivity index (χ3n) is 20.5. The van der Waals surface area contributed by atoms with Crippen molar-refractivity contribution in [1.82, 2.24) is 0 Å². The lowest BCUT2D eigenvalue weighted by molar-refractivity contribution is -0.404. The lowest BCUT2D eigenvalue weighted by Gasteiger charge is -2.56. The number of carbonyl (C=O) groups excluding carboxylic acids is 1. The largest absolute Gasteiger partial charge is 0.394 e. The summed E-state index contributed by atoms with van der Waals surface area (Å²) >= 11 is 0. The van der Waals surface area contributed by atoms with Gasteiger partial charge in [0, 0.05) is 11.8 Å². The SMILES string of the molecule is C[C@]12CC[C@H](O)CC1=CC[C@@H]1[C@@H]2CC[C@]2(C)C(=O)CC[C@@H]12.OC[C@H]1O[C@@H]2O[C@H]3[C@H](O)[C@@H](O)[C@@H](O[C@H]4[C@H](O)[C@@H](O)[C@@H](O[C@H]5[C@H](O)[C@@H](O)[C@@H](O[C@H]6[C@H](O)[C@@H](O)[C@@H](O[C@H]7[C@H](O)[C@@H](O)[C@@H](O[C@H]1[C@H](O)[C@H]2O)O[C@@H]7CO)O[C@@H]6CO)O[C@@H]5CO)O[C@@H]4CO)O[C@@H]3CO. The van der Waals surface area contributed by atoms with Crippen molar-refractivity contribution >= 4 is 5.78 Å². The van der Waals surface area contributed by atoms with E-state index >= 15 is 0 Å². The molecule has 3 saturated carbocycles. The Labute approximate surface area is 498 Å². The summed E-state index contributed by atoms with van der Waals surface area (Å²) in [4.78, 5) is 12.4. The molecule has 0 aromatic heterocycles. The van der Waals surface area contributed by atoms with Gasteiger partial charge < -0.3 is 154 Å². The Morgan fingerprint density at radius 2 is 0.632 bits per heavy atom. The normalized spacial score (nSPS) is 54.7. The summed E-state index contributed by atoms with van der Waals surface area (Å²) in [6, 6.07) is 0. The molecule has 26 aliphatic rings. The van der Waals surface area contributed by atoms with Gasteiger partial charge >= 0.3 is 0 Å². The van der Waals surface area contributed by atoms with Gasteiger partial charge in [-0.05, 0) is 68.1 Å². The van der Waals surface area contributed by atoms with E-state index in [-0.39, 0.29) is 11.5 Å². The van der Waals surface area contributed by atoms with E-state index in [1.807, 2.05) is 0 Å². The molecule has 0 amide bonds. The maximum atomic E-state index is 12.4. The Kier molecular flexibility index (Phi) is 21.6. The monoisotopic (exact) mass is 1260 g/mol. The summed E-state index contributed by atoms with van der Waals surface area (Å²) in [7, 11) is 0. The third-order valence-corrected chi connectivity index (χ3v) is 20.5. The van der Waals surface area contributed by atoms with E-state index in [2.05, 4.69) is 19.9 Å². The average molecular weight is 1260 g/mol. The molecule has 32 heteroatoms. The number of fused-ring (bicyclic) bond motifs is 5. The molecule has 19 N–H and O–H groups in total. The molecular formula is C55H88O32. The Morgan fingerprint density at radius 3 is 0.908 bits per heavy atom. The fourth-order valence-corrected chi connectivity index (χ4v) is 15.3. The first-order valence-electron chi connectivity index (χ1n) is 30.0. The zero-order valence-electron chi connectivity index (χ0n) is 47.9. The van der Waals surface area contributed by atoms with Crippen molar-refractivity contribution < 1.29 is 159 Å². The first kappa shape index (κ1) is 68.0. The fraction of sp³-hybridized carbons (Fsp3) is 0.945. The van der Waals surface area contributed by atoms with Crippen LogP contribution in [0.3, 0.4) is 0 Å². The molecule has 4 aliphatic carbocycles. The average Bonchev–Trinajstić information content (AvgIpc) is 1.74. The van der Waals surface area contributed by atoms with Crippen LogP contribution in [0.5, 0.6) is 0 Å². The van der Waals surface area contributed by atoms with E-state index in [0.717, 1.165) is 50.9 Å². The van der Waals surface area contributed by atoms with Crippen LogP contribution in [0.25, 0.3) is 0 Å². The van der Waals surface area contributed by atoms with E-state index in [4.69, 9.17) is 56.8 Å². The Hall–Kier alpha value is -1.83. The fourth-order valence-electron chi connectivity index (χ4n) is 15.3. The number of allylic oxidation sites excluding steroid dienone is 1. The standard InChI is InChI=1S/C36H60O30.C19H28O2/c37-1-7-25-13(43)19(49)31(55-7)62-26-8(2-38)57-33(21(51)15(26)45)64-28-10(4-40)59-35(23(53)17(28)47)66-30-12(6-42)60-36(24(54)18(30)48)65-29-11(5-41)58-34(22(52)16(29)46)63-27-9(3-39)56-32(61-25)20(50)14(27)44;1-18-9-7-13(20)11-12(18)3-4-14-15-5-6-17(21)19(15,2)10-8-16(14)18/h7-54H,1-6H2;3,13-16,20H,4-11H2,1-2H3/t7-,8-,9-,10-,11-,12-,13-,14-,15-,16-,17-,18-,19-,20-,21-,22-,23-,24-,25-,26-,27-,28-,29-,30-,31-,32-,33-,34-,35-,36-;13-,14-,15-,16-,18-,19-/m10/s1. The summed E-state index contributed by atoms with van der Waals surface area (Å²) in [5, 5.41) is 206. The summed E-state index contributed by atoms with van der Waals surface area (Å²) in [5.74, 6) is 2.60. The van der Waals surface area contributed by atoms with Crippen LogP contribution >= 0.6 is 0 Å². The summed E-state index contributed by atoms with van der Waals surface area (Å²) < 4.78 is 67.9. The molecule has 22 saturated heterocycles. The lowest BCUT2D eigenvalue weighted by atomic mass is 9.48. The van der Waals surface area contributed by atoms with Crippen molar-refractivity contribution in [2.75, 3.05) is 39.6 Å². The van der Waals surface area contributed by atoms with Crippen LogP contribution in [0.2, 0.25) is 0 Å². The third kappa shape index (κ3) is 12.6. The number of hydrogen-bond donors (Lipinski definition) is 19. The van der Waals surface area contributed by atoms with E-state index in [1.165, 1.54) is 12.0 Å².